The minimum atomic E-state index is -1.23. The molecular formula is C25H29FN8O3. The number of likely N-dealkylation sites (tertiary alicyclic amines) is 1. The first-order chi connectivity index (χ1) is 17.8. The van der Waals surface area contributed by atoms with E-state index in [0.717, 1.165) is 18.4 Å². The third-order valence-electron chi connectivity index (χ3n) is 6.14. The molecule has 0 spiro atoms. The Hall–Kier alpha value is -4.35. The van der Waals surface area contributed by atoms with Gasteiger partial charge in [0.2, 0.25) is 5.91 Å². The van der Waals surface area contributed by atoms with E-state index < -0.39 is 24.0 Å². The number of carbonyl (C=O) groups excluding carboxylic acids is 3. The van der Waals surface area contributed by atoms with E-state index >= 15 is 0 Å². The minimum Gasteiger partial charge on any atom is -0.339 e. The van der Waals surface area contributed by atoms with Crippen LogP contribution in [0.1, 0.15) is 25.3 Å². The molecule has 0 radical (unpaired) electrons. The van der Waals surface area contributed by atoms with Gasteiger partial charge in [0.25, 0.3) is 5.91 Å². The van der Waals surface area contributed by atoms with Crippen molar-refractivity contribution in [2.24, 2.45) is 13.0 Å². The van der Waals surface area contributed by atoms with Gasteiger partial charge in [-0.1, -0.05) is 24.3 Å². The summed E-state index contributed by atoms with van der Waals surface area (Å²) in [5.41, 5.74) is 2.15. The van der Waals surface area contributed by atoms with Gasteiger partial charge >= 0.3 is 6.03 Å². The number of nitrogens with zero attached hydrogens (tertiary/aromatic N) is 5. The van der Waals surface area contributed by atoms with Gasteiger partial charge in [-0.25, -0.2) is 13.9 Å². The molecule has 3 N–H and O–H groups in total. The van der Waals surface area contributed by atoms with Gasteiger partial charge in [-0.15, -0.1) is 5.10 Å². The Labute approximate surface area is 213 Å². The van der Waals surface area contributed by atoms with Crippen molar-refractivity contribution in [1.29, 1.82) is 0 Å². The monoisotopic (exact) mass is 508 g/mol. The SMILES string of the molecule is CC(=O)N[C@H](NC(=O)Nc1cccc(-c2nnnn2C)c1)C(=O)N1CCC[C@@H](Cc2ccc(F)cc2)C1. The lowest BCUT2D eigenvalue weighted by Gasteiger charge is -2.35. The molecule has 11 nitrogen and oxygen atoms in total. The van der Waals surface area contributed by atoms with Gasteiger partial charge in [-0.05, 0) is 65.4 Å². The van der Waals surface area contributed by atoms with E-state index in [1.54, 1.807) is 48.3 Å². The van der Waals surface area contributed by atoms with E-state index in [2.05, 4.69) is 31.5 Å². The fourth-order valence-electron chi connectivity index (χ4n) is 4.44. The number of anilines is 1. The van der Waals surface area contributed by atoms with E-state index in [1.807, 2.05) is 0 Å². The van der Waals surface area contributed by atoms with Gasteiger partial charge in [0.15, 0.2) is 12.0 Å². The molecule has 37 heavy (non-hydrogen) atoms. The van der Waals surface area contributed by atoms with E-state index in [4.69, 9.17) is 0 Å². The zero-order chi connectivity index (χ0) is 26.4. The van der Waals surface area contributed by atoms with Crippen molar-refractivity contribution in [2.75, 3.05) is 18.4 Å². The van der Waals surface area contributed by atoms with Crippen molar-refractivity contribution >= 4 is 23.5 Å². The van der Waals surface area contributed by atoms with Crippen LogP contribution < -0.4 is 16.0 Å². The van der Waals surface area contributed by atoms with Crippen LogP contribution in [-0.4, -0.2) is 62.2 Å². The van der Waals surface area contributed by atoms with Gasteiger partial charge in [-0.2, -0.15) is 0 Å². The van der Waals surface area contributed by atoms with Crippen LogP contribution >= 0.6 is 0 Å². The minimum absolute atomic E-state index is 0.188. The van der Waals surface area contributed by atoms with E-state index in [1.165, 1.54) is 23.7 Å². The molecule has 1 aromatic heterocycles. The number of urea groups is 1. The largest absolute Gasteiger partial charge is 0.339 e. The van der Waals surface area contributed by atoms with Crippen molar-refractivity contribution in [3.63, 3.8) is 0 Å². The van der Waals surface area contributed by atoms with Gasteiger partial charge < -0.3 is 20.9 Å². The Balaban J connectivity index is 1.39. The lowest BCUT2D eigenvalue weighted by Crippen LogP contribution is -2.59. The molecule has 0 aliphatic carbocycles. The number of hydrogen-bond acceptors (Lipinski definition) is 6. The normalized spacial score (nSPS) is 16.1. The molecule has 194 valence electrons. The maximum absolute atomic E-state index is 13.3. The number of hydrogen-bond donors (Lipinski definition) is 3. The molecule has 1 fully saturated rings. The lowest BCUT2D eigenvalue weighted by molar-refractivity contribution is -0.138. The van der Waals surface area contributed by atoms with Gasteiger partial charge in [-0.3, -0.25) is 9.59 Å². The maximum atomic E-state index is 13.3. The van der Waals surface area contributed by atoms with Gasteiger partial charge in [0, 0.05) is 38.3 Å². The standard InChI is InChI=1S/C25H29FN8O3/c1-16(35)27-22(24(36)34-12-4-5-18(15-34)13-17-8-10-20(26)11-9-17)29-25(37)28-21-7-3-6-19(14-21)23-30-31-32-33(23)2/h3,6-11,14,18,22H,4-5,12-13,15H2,1-2H3,(H,27,35)(H2,28,29,37)/t18-,22+/m0/s1. The van der Waals surface area contributed by atoms with Crippen molar-refractivity contribution in [3.05, 3.63) is 59.9 Å². The first kappa shape index (κ1) is 25.7. The summed E-state index contributed by atoms with van der Waals surface area (Å²) >= 11 is 0. The number of benzene rings is 2. The number of carbonyl (C=O) groups is 3. The summed E-state index contributed by atoms with van der Waals surface area (Å²) in [6.45, 7) is 2.28. The number of halogens is 1. The Kier molecular flexibility index (Phi) is 8.06. The summed E-state index contributed by atoms with van der Waals surface area (Å²) in [5, 5.41) is 19.2. The Morgan fingerprint density at radius 2 is 1.92 bits per heavy atom. The molecule has 1 saturated heterocycles. The predicted octanol–water partition coefficient (Wildman–Crippen LogP) is 2.08. The van der Waals surface area contributed by atoms with Crippen molar-refractivity contribution in [2.45, 2.75) is 32.4 Å². The van der Waals surface area contributed by atoms with Crippen LogP contribution in [0.4, 0.5) is 14.9 Å². The topological polar surface area (TPSA) is 134 Å². The smallest absolute Gasteiger partial charge is 0.321 e. The van der Waals surface area contributed by atoms with E-state index in [-0.39, 0.29) is 11.7 Å². The number of amides is 4. The second kappa shape index (κ2) is 11.6. The highest BCUT2D eigenvalue weighted by Gasteiger charge is 2.30. The number of aryl methyl sites for hydroxylation is 1. The highest BCUT2D eigenvalue weighted by atomic mass is 19.1. The summed E-state index contributed by atoms with van der Waals surface area (Å²) in [4.78, 5) is 39.5. The van der Waals surface area contributed by atoms with Crippen LogP contribution in [0.3, 0.4) is 0 Å². The Morgan fingerprint density at radius 3 is 2.62 bits per heavy atom. The molecule has 2 atom stereocenters. The Bertz CT molecular complexity index is 1260. The fourth-order valence-corrected chi connectivity index (χ4v) is 4.44. The molecule has 12 heteroatoms. The quantitative estimate of drug-likeness (QED) is 0.419. The summed E-state index contributed by atoms with van der Waals surface area (Å²) in [5.74, 6) is -0.420. The van der Waals surface area contributed by atoms with E-state index in [9.17, 15) is 18.8 Å². The second-order valence-corrected chi connectivity index (χ2v) is 9.06. The molecule has 1 aliphatic rings. The summed E-state index contributed by atoms with van der Waals surface area (Å²) in [6, 6.07) is 12.6. The second-order valence-electron chi connectivity index (χ2n) is 9.06. The summed E-state index contributed by atoms with van der Waals surface area (Å²) < 4.78 is 14.7. The number of rotatable bonds is 7. The first-order valence-electron chi connectivity index (χ1n) is 12.0. The van der Waals surface area contributed by atoms with Crippen LogP contribution in [0.25, 0.3) is 11.4 Å². The molecule has 0 unspecified atom stereocenters. The van der Waals surface area contributed by atoms with Crippen LogP contribution in [0.15, 0.2) is 48.5 Å². The highest BCUT2D eigenvalue weighted by Crippen LogP contribution is 2.22. The summed E-state index contributed by atoms with van der Waals surface area (Å²) in [7, 11) is 1.70. The molecule has 2 aromatic carbocycles. The van der Waals surface area contributed by atoms with E-state index in [0.29, 0.717) is 36.6 Å². The van der Waals surface area contributed by atoms with Crippen molar-refractivity contribution in [1.82, 2.24) is 35.7 Å². The fraction of sp³-hybridized carbons (Fsp3) is 0.360. The average Bonchev–Trinajstić information content (AvgIpc) is 3.30. The van der Waals surface area contributed by atoms with Gasteiger partial charge in [0.05, 0.1) is 0 Å². The molecule has 0 saturated carbocycles. The molecule has 2 heterocycles. The number of nitrogens with one attached hydrogen (secondary N) is 3. The number of tetrazole rings is 1. The Morgan fingerprint density at radius 1 is 1.14 bits per heavy atom. The van der Waals surface area contributed by atoms with Crippen LogP contribution in [0.2, 0.25) is 0 Å². The number of piperidine rings is 1. The number of aromatic nitrogens is 4. The zero-order valence-electron chi connectivity index (χ0n) is 20.6. The van der Waals surface area contributed by atoms with Gasteiger partial charge in [0.1, 0.15) is 5.82 Å². The molecule has 1 aliphatic heterocycles. The first-order valence-corrected chi connectivity index (χ1v) is 12.0. The van der Waals surface area contributed by atoms with Crippen LogP contribution in [0.5, 0.6) is 0 Å². The lowest BCUT2D eigenvalue weighted by atomic mass is 9.91. The highest BCUT2D eigenvalue weighted by molar-refractivity contribution is 5.95. The van der Waals surface area contributed by atoms with Crippen molar-refractivity contribution in [3.8, 4) is 11.4 Å². The molecule has 0 bridgehead atoms. The molecule has 4 rings (SSSR count). The average molecular weight is 509 g/mol. The third kappa shape index (κ3) is 6.87. The predicted molar refractivity (Wildman–Crippen MR) is 133 cm³/mol. The van der Waals surface area contributed by atoms with Crippen LogP contribution in [0, 0.1) is 11.7 Å². The van der Waals surface area contributed by atoms with Crippen molar-refractivity contribution < 1.29 is 18.8 Å². The summed E-state index contributed by atoms with van der Waals surface area (Å²) in [6.07, 6.45) is 1.20. The van der Waals surface area contributed by atoms with Crippen LogP contribution in [-0.2, 0) is 23.1 Å². The molecule has 3 aromatic rings. The molecular weight excluding hydrogens is 479 g/mol. The molecule has 4 amide bonds. The maximum Gasteiger partial charge on any atom is 0.321 e. The zero-order valence-corrected chi connectivity index (χ0v) is 20.6. The third-order valence-corrected chi connectivity index (χ3v) is 6.14.